The summed E-state index contributed by atoms with van der Waals surface area (Å²) < 4.78 is 2.34. The first kappa shape index (κ1) is 25.1. The van der Waals surface area contributed by atoms with Crippen molar-refractivity contribution in [2.45, 2.75) is 0 Å². The Morgan fingerprint density at radius 1 is 0.442 bits per heavy atom. The molecule has 0 radical (unpaired) electrons. The third-order valence-electron chi connectivity index (χ3n) is 7.48. The molecular weight excluding hydrogens is 547 g/mol. The lowest BCUT2D eigenvalue weighted by atomic mass is 10.0. The normalized spacial score (nSPS) is 11.3. The van der Waals surface area contributed by atoms with Crippen LogP contribution in [-0.4, -0.2) is 24.9 Å². The van der Waals surface area contributed by atoms with Crippen molar-refractivity contribution in [1.29, 1.82) is 0 Å². The van der Waals surface area contributed by atoms with E-state index in [0.29, 0.717) is 17.5 Å². The maximum Gasteiger partial charge on any atom is 0.164 e. The quantitative estimate of drug-likeness (QED) is 0.207. The molecule has 43 heavy (non-hydrogen) atoms. The van der Waals surface area contributed by atoms with Gasteiger partial charge in [0.2, 0.25) is 0 Å². The maximum absolute atomic E-state index is 5.02. The van der Waals surface area contributed by atoms with Crippen molar-refractivity contribution in [3.8, 4) is 56.5 Å². The first-order valence-electron chi connectivity index (χ1n) is 14.0. The number of hydrogen-bond donors (Lipinski definition) is 0. The predicted octanol–water partition coefficient (Wildman–Crippen LogP) is 9.36. The van der Waals surface area contributed by atoms with Gasteiger partial charge in [-0.15, -0.1) is 11.3 Å². The van der Waals surface area contributed by atoms with E-state index in [0.717, 1.165) is 54.5 Å². The number of nitrogens with zero attached hydrogens (tertiary/aromatic N) is 5. The fourth-order valence-corrected chi connectivity index (χ4v) is 6.55. The zero-order chi connectivity index (χ0) is 28.6. The summed E-state index contributed by atoms with van der Waals surface area (Å²) in [4.78, 5) is 24.1. The number of aromatic nitrogens is 5. The van der Waals surface area contributed by atoms with Gasteiger partial charge in [0.05, 0.1) is 10.4 Å². The minimum atomic E-state index is 0.614. The molecule has 202 valence electrons. The van der Waals surface area contributed by atoms with Crippen molar-refractivity contribution in [2.24, 2.45) is 0 Å². The summed E-state index contributed by atoms with van der Waals surface area (Å²) in [7, 11) is 0. The van der Waals surface area contributed by atoms with Crippen LogP contribution in [0.3, 0.4) is 0 Å². The molecule has 0 saturated carbocycles. The van der Waals surface area contributed by atoms with Gasteiger partial charge in [-0.2, -0.15) is 0 Å². The van der Waals surface area contributed by atoms with E-state index in [1.807, 2.05) is 67.1 Å². The lowest BCUT2D eigenvalue weighted by Crippen LogP contribution is -2.00. The highest BCUT2D eigenvalue weighted by atomic mass is 32.1. The molecule has 8 aromatic rings. The molecule has 0 atom stereocenters. The lowest BCUT2D eigenvalue weighted by molar-refractivity contribution is 1.07. The molecular formula is C37H23N5S. The number of benzene rings is 4. The fraction of sp³-hybridized carbons (Fsp3) is 0. The smallest absolute Gasteiger partial charge is 0.164 e. The van der Waals surface area contributed by atoms with Gasteiger partial charge < -0.3 is 0 Å². The second-order valence-electron chi connectivity index (χ2n) is 10.2. The lowest BCUT2D eigenvalue weighted by Gasteiger charge is -2.10. The van der Waals surface area contributed by atoms with Crippen LogP contribution in [0.25, 0.3) is 76.7 Å². The van der Waals surface area contributed by atoms with Gasteiger partial charge in [-0.25, -0.2) is 15.0 Å². The van der Waals surface area contributed by atoms with Gasteiger partial charge in [0.15, 0.2) is 17.5 Å². The molecule has 4 aromatic heterocycles. The Bertz CT molecular complexity index is 2240. The van der Waals surface area contributed by atoms with Crippen molar-refractivity contribution in [2.75, 3.05) is 0 Å². The molecule has 0 aliphatic heterocycles. The molecule has 0 saturated heterocycles. The highest BCUT2D eigenvalue weighted by Gasteiger charge is 2.16. The van der Waals surface area contributed by atoms with Crippen molar-refractivity contribution in [3.05, 3.63) is 140 Å². The van der Waals surface area contributed by atoms with E-state index >= 15 is 0 Å². The van der Waals surface area contributed by atoms with Crippen LogP contribution in [-0.2, 0) is 0 Å². The van der Waals surface area contributed by atoms with Crippen molar-refractivity contribution in [1.82, 2.24) is 24.9 Å². The molecule has 0 spiro atoms. The molecule has 8 rings (SSSR count). The molecule has 4 aromatic carbocycles. The Morgan fingerprint density at radius 2 is 1.02 bits per heavy atom. The highest BCUT2D eigenvalue weighted by molar-refractivity contribution is 7.26. The van der Waals surface area contributed by atoms with Gasteiger partial charge in [0.1, 0.15) is 0 Å². The molecule has 0 aliphatic rings. The molecule has 0 fully saturated rings. The Balaban J connectivity index is 1.28. The summed E-state index contributed by atoms with van der Waals surface area (Å²) in [5, 5.41) is 2.31. The average Bonchev–Trinajstić information content (AvgIpc) is 3.48. The van der Waals surface area contributed by atoms with E-state index in [9.17, 15) is 0 Å². The Hall–Kier alpha value is -5.59. The summed E-state index contributed by atoms with van der Waals surface area (Å²) in [6.07, 6.45) is 5.64. The molecule has 0 bridgehead atoms. The molecule has 0 N–H and O–H groups in total. The Morgan fingerprint density at radius 3 is 1.74 bits per heavy atom. The van der Waals surface area contributed by atoms with Crippen molar-refractivity contribution < 1.29 is 0 Å². The first-order chi connectivity index (χ1) is 21.3. The second kappa shape index (κ2) is 10.7. The third kappa shape index (κ3) is 4.74. The number of fused-ring (bicyclic) bond motifs is 3. The molecule has 0 amide bonds. The summed E-state index contributed by atoms with van der Waals surface area (Å²) in [5.74, 6) is 1.88. The predicted molar refractivity (Wildman–Crippen MR) is 175 cm³/mol. The van der Waals surface area contributed by atoms with Crippen LogP contribution in [0.2, 0.25) is 0 Å². The number of hydrogen-bond acceptors (Lipinski definition) is 6. The van der Waals surface area contributed by atoms with E-state index in [2.05, 4.69) is 77.8 Å². The van der Waals surface area contributed by atoms with Gasteiger partial charge >= 0.3 is 0 Å². The van der Waals surface area contributed by atoms with E-state index in [1.54, 1.807) is 11.3 Å². The van der Waals surface area contributed by atoms with E-state index in [4.69, 9.17) is 19.9 Å². The average molecular weight is 570 g/mol. The van der Waals surface area contributed by atoms with Gasteiger partial charge in [-0.3, -0.25) is 9.97 Å². The summed E-state index contributed by atoms with van der Waals surface area (Å²) in [6, 6.07) is 41.2. The first-order valence-corrected chi connectivity index (χ1v) is 14.8. The van der Waals surface area contributed by atoms with Gasteiger partial charge in [0, 0.05) is 56.3 Å². The standard InChI is InChI=1S/C37H23N5S/c1-3-9-24(10-4-1)26-13-7-15-28(21-26)36-40-35(25-11-5-2-6-12-25)41-37(42-36)29-16-8-14-27(22-29)33-34-30(17-20-39-33)31-23-38-19-18-32(31)43-34/h1-23H. The van der Waals surface area contributed by atoms with E-state index in [1.165, 1.54) is 4.70 Å². The van der Waals surface area contributed by atoms with Crippen LogP contribution >= 0.6 is 11.3 Å². The van der Waals surface area contributed by atoms with Crippen LogP contribution < -0.4 is 0 Å². The summed E-state index contributed by atoms with van der Waals surface area (Å²) in [5.41, 5.74) is 6.98. The molecule has 0 unspecified atom stereocenters. The molecule has 0 aliphatic carbocycles. The Kier molecular flexibility index (Phi) is 6.24. The van der Waals surface area contributed by atoms with E-state index < -0.39 is 0 Å². The minimum absolute atomic E-state index is 0.614. The molecule has 4 heterocycles. The summed E-state index contributed by atoms with van der Waals surface area (Å²) in [6.45, 7) is 0. The van der Waals surface area contributed by atoms with Gasteiger partial charge in [-0.1, -0.05) is 97.1 Å². The largest absolute Gasteiger partial charge is 0.264 e. The van der Waals surface area contributed by atoms with Gasteiger partial charge in [0.25, 0.3) is 0 Å². The minimum Gasteiger partial charge on any atom is -0.264 e. The summed E-state index contributed by atoms with van der Waals surface area (Å²) >= 11 is 1.74. The SMILES string of the molecule is c1ccc(-c2cccc(-c3nc(-c4ccccc4)nc(-c4cccc(-c5nccc6c5sc5ccncc56)c4)n3)c2)cc1. The maximum atomic E-state index is 5.02. The van der Waals surface area contributed by atoms with Crippen molar-refractivity contribution in [3.63, 3.8) is 0 Å². The zero-order valence-corrected chi connectivity index (χ0v) is 23.7. The van der Waals surface area contributed by atoms with E-state index in [-0.39, 0.29) is 0 Å². The topological polar surface area (TPSA) is 64.5 Å². The number of thiophene rings is 1. The van der Waals surface area contributed by atoms with Crippen LogP contribution in [0.15, 0.2) is 140 Å². The Labute approximate surface area is 252 Å². The van der Waals surface area contributed by atoms with Crippen LogP contribution in [0, 0.1) is 0 Å². The number of pyridine rings is 2. The van der Waals surface area contributed by atoms with Crippen LogP contribution in [0.4, 0.5) is 0 Å². The third-order valence-corrected chi connectivity index (χ3v) is 8.67. The highest BCUT2D eigenvalue weighted by Crippen LogP contribution is 2.39. The second-order valence-corrected chi connectivity index (χ2v) is 11.3. The van der Waals surface area contributed by atoms with Crippen LogP contribution in [0.1, 0.15) is 0 Å². The zero-order valence-electron chi connectivity index (χ0n) is 22.9. The van der Waals surface area contributed by atoms with Crippen LogP contribution in [0.5, 0.6) is 0 Å². The van der Waals surface area contributed by atoms with Gasteiger partial charge in [-0.05, 0) is 35.4 Å². The number of rotatable bonds is 5. The molecule has 5 nitrogen and oxygen atoms in total. The molecule has 6 heteroatoms. The van der Waals surface area contributed by atoms with Crippen molar-refractivity contribution >= 4 is 31.5 Å². The fourth-order valence-electron chi connectivity index (χ4n) is 5.38. The monoisotopic (exact) mass is 569 g/mol.